The van der Waals surface area contributed by atoms with Crippen molar-refractivity contribution in [3.63, 3.8) is 0 Å². The lowest BCUT2D eigenvalue weighted by atomic mass is 9.94. The first-order chi connectivity index (χ1) is 20.3. The number of piperidine rings is 1. The fourth-order valence-electron chi connectivity index (χ4n) is 5.24. The molecule has 1 aliphatic heterocycles. The van der Waals surface area contributed by atoms with Crippen LogP contribution in [0.3, 0.4) is 0 Å². The van der Waals surface area contributed by atoms with E-state index in [1.54, 1.807) is 24.3 Å². The number of aliphatic carboxylic acids is 1. The highest BCUT2D eigenvalue weighted by atomic mass is 19.4. The number of hydrogen-bond donors (Lipinski definition) is 2. The van der Waals surface area contributed by atoms with Crippen molar-refractivity contribution >= 4 is 5.97 Å². The number of para-hydroxylation sites is 1. The average Bonchev–Trinajstić information content (AvgIpc) is 3.60. The zero-order chi connectivity index (χ0) is 30.9. The van der Waals surface area contributed by atoms with E-state index in [4.69, 9.17) is 9.63 Å². The van der Waals surface area contributed by atoms with Crippen LogP contribution < -0.4 is 0 Å². The van der Waals surface area contributed by atoms with Gasteiger partial charge in [0.25, 0.3) is 5.89 Å². The molecular weight excluding hydrogens is 584 g/mol. The number of benzene rings is 2. The first-order valence-corrected chi connectivity index (χ1v) is 13.2. The van der Waals surface area contributed by atoms with E-state index in [9.17, 15) is 36.2 Å². The molecule has 1 fully saturated rings. The summed E-state index contributed by atoms with van der Waals surface area (Å²) < 4.78 is 88.3. The van der Waals surface area contributed by atoms with Gasteiger partial charge in [0.15, 0.2) is 5.69 Å². The standard InChI is InChI=1S/C28H25F6N5O4/c29-27(30,31)20-5-1-2-6-21(20)39-24(28(32,33)34)19(13-35-39)26-36-25(37-43-26)18-9-7-17(8-10-18)22(40)15-38-11-3-4-16(14-38)12-23(41)42/h1-2,5-10,13,16,22,40H,3-4,11-12,14-15H2,(H,41,42)/t16-,22-/m1/s1. The summed E-state index contributed by atoms with van der Waals surface area (Å²) in [5, 5.41) is 27.1. The van der Waals surface area contributed by atoms with Gasteiger partial charge in [-0.15, -0.1) is 0 Å². The van der Waals surface area contributed by atoms with Gasteiger partial charge in [0.1, 0.15) is 0 Å². The van der Waals surface area contributed by atoms with E-state index in [1.807, 2.05) is 4.90 Å². The Labute approximate surface area is 240 Å². The number of aromatic nitrogens is 4. The number of likely N-dealkylation sites (tertiary alicyclic amines) is 1. The van der Waals surface area contributed by atoms with Gasteiger partial charge in [-0.2, -0.15) is 36.4 Å². The highest BCUT2D eigenvalue weighted by Crippen LogP contribution is 2.41. The predicted molar refractivity (Wildman–Crippen MR) is 139 cm³/mol. The third-order valence-corrected chi connectivity index (χ3v) is 7.18. The van der Waals surface area contributed by atoms with Crippen molar-refractivity contribution in [2.45, 2.75) is 37.7 Å². The van der Waals surface area contributed by atoms with Crippen LogP contribution in [-0.4, -0.2) is 60.6 Å². The van der Waals surface area contributed by atoms with Crippen molar-refractivity contribution in [2.24, 2.45) is 5.92 Å². The molecule has 0 amide bonds. The minimum Gasteiger partial charge on any atom is -0.481 e. The maximum absolute atomic E-state index is 14.2. The molecule has 2 N–H and O–H groups in total. The van der Waals surface area contributed by atoms with Gasteiger partial charge in [0.2, 0.25) is 5.82 Å². The van der Waals surface area contributed by atoms with E-state index in [0.717, 1.165) is 31.5 Å². The van der Waals surface area contributed by atoms with Gasteiger partial charge < -0.3 is 19.6 Å². The monoisotopic (exact) mass is 609 g/mol. The number of hydrogen-bond acceptors (Lipinski definition) is 7. The van der Waals surface area contributed by atoms with Crippen molar-refractivity contribution in [3.8, 4) is 28.5 Å². The molecule has 0 spiro atoms. The van der Waals surface area contributed by atoms with Gasteiger partial charge in [-0.25, -0.2) is 4.68 Å². The molecule has 15 heteroatoms. The zero-order valence-corrected chi connectivity index (χ0v) is 22.3. The van der Waals surface area contributed by atoms with Crippen molar-refractivity contribution in [2.75, 3.05) is 19.6 Å². The van der Waals surface area contributed by atoms with Gasteiger partial charge in [-0.05, 0) is 43.0 Å². The van der Waals surface area contributed by atoms with Crippen molar-refractivity contribution < 1.29 is 45.9 Å². The Morgan fingerprint density at radius 1 is 1.05 bits per heavy atom. The van der Waals surface area contributed by atoms with Crippen LogP contribution in [0.1, 0.15) is 42.2 Å². The third kappa shape index (κ3) is 6.72. The largest absolute Gasteiger partial charge is 0.481 e. The topological polar surface area (TPSA) is 118 Å². The van der Waals surface area contributed by atoms with Crippen molar-refractivity contribution in [3.05, 3.63) is 71.5 Å². The molecule has 228 valence electrons. The Morgan fingerprint density at radius 3 is 2.44 bits per heavy atom. The normalized spacial score (nSPS) is 17.2. The second kappa shape index (κ2) is 11.8. The number of carboxylic acid groups (broad SMARTS) is 1. The number of aliphatic hydroxyl groups is 1. The summed E-state index contributed by atoms with van der Waals surface area (Å²) >= 11 is 0. The summed E-state index contributed by atoms with van der Waals surface area (Å²) in [5.41, 5.74) is -3.42. The number of carboxylic acids is 1. The average molecular weight is 610 g/mol. The van der Waals surface area contributed by atoms with Crippen molar-refractivity contribution in [1.82, 2.24) is 24.8 Å². The summed E-state index contributed by atoms with van der Waals surface area (Å²) in [4.78, 5) is 17.1. The number of halogens is 6. The summed E-state index contributed by atoms with van der Waals surface area (Å²) in [6.07, 6.45) is -8.51. The Kier molecular flexibility index (Phi) is 8.29. The fraction of sp³-hybridized carbons (Fsp3) is 0.357. The molecule has 0 saturated carbocycles. The van der Waals surface area contributed by atoms with Gasteiger partial charge in [0, 0.05) is 25.1 Å². The number of alkyl halides is 6. The molecule has 1 aliphatic rings. The highest BCUT2D eigenvalue weighted by molar-refractivity contribution is 5.67. The molecule has 3 heterocycles. The van der Waals surface area contributed by atoms with E-state index < -0.39 is 52.8 Å². The van der Waals surface area contributed by atoms with Gasteiger partial charge in [0.05, 0.1) is 29.1 Å². The number of nitrogens with zero attached hydrogens (tertiary/aromatic N) is 5. The molecule has 2 aromatic carbocycles. The van der Waals surface area contributed by atoms with E-state index in [2.05, 4.69) is 15.2 Å². The maximum atomic E-state index is 14.2. The Balaban J connectivity index is 1.36. The molecule has 43 heavy (non-hydrogen) atoms. The molecule has 0 radical (unpaired) electrons. The quantitative estimate of drug-likeness (QED) is 0.239. The molecule has 9 nitrogen and oxygen atoms in total. The SMILES string of the molecule is O=C(O)C[C@H]1CCCN(C[C@@H](O)c2ccc(-c3noc(-c4cnn(-c5ccccc5C(F)(F)F)c4C(F)(F)F)n3)cc2)C1. The van der Waals surface area contributed by atoms with E-state index in [-0.39, 0.29) is 22.8 Å². The second-order valence-corrected chi connectivity index (χ2v) is 10.3. The van der Waals surface area contributed by atoms with Gasteiger partial charge in [-0.1, -0.05) is 41.6 Å². The van der Waals surface area contributed by atoms with Crippen LogP contribution in [-0.2, 0) is 17.1 Å². The molecule has 5 rings (SSSR count). The van der Waals surface area contributed by atoms with Crippen molar-refractivity contribution in [1.29, 1.82) is 0 Å². The Hall–Kier alpha value is -4.24. The van der Waals surface area contributed by atoms with E-state index in [1.165, 1.54) is 6.07 Å². The Bertz CT molecular complexity index is 1580. The number of carbonyl (C=O) groups is 1. The lowest BCUT2D eigenvalue weighted by molar-refractivity contribution is -0.144. The number of β-amino-alcohol motifs (C(OH)–C–C–N with tert-alkyl or cyclic N) is 1. The van der Waals surface area contributed by atoms with E-state index >= 15 is 0 Å². The fourth-order valence-corrected chi connectivity index (χ4v) is 5.24. The summed E-state index contributed by atoms with van der Waals surface area (Å²) in [6.45, 7) is 1.59. The van der Waals surface area contributed by atoms with Crippen LogP contribution >= 0.6 is 0 Å². The third-order valence-electron chi connectivity index (χ3n) is 7.18. The first kappa shape index (κ1) is 30.2. The molecule has 0 unspecified atom stereocenters. The Morgan fingerprint density at radius 2 is 1.77 bits per heavy atom. The summed E-state index contributed by atoms with van der Waals surface area (Å²) in [5.74, 6) is -1.52. The second-order valence-electron chi connectivity index (χ2n) is 10.3. The van der Waals surface area contributed by atoms with Gasteiger partial charge >= 0.3 is 18.3 Å². The zero-order valence-electron chi connectivity index (χ0n) is 22.3. The minimum atomic E-state index is -5.13. The van der Waals surface area contributed by atoms with Crippen LogP contribution in [0.2, 0.25) is 0 Å². The number of rotatable bonds is 8. The lowest BCUT2D eigenvalue weighted by Crippen LogP contribution is -2.38. The molecule has 4 aromatic rings. The predicted octanol–water partition coefficient (Wildman–Crippen LogP) is 5.85. The molecule has 2 aromatic heterocycles. The molecule has 1 saturated heterocycles. The van der Waals surface area contributed by atoms with Crippen LogP contribution in [0, 0.1) is 5.92 Å². The minimum absolute atomic E-state index is 0.0117. The molecule has 0 bridgehead atoms. The van der Waals surface area contributed by atoms with Crippen LogP contribution in [0.4, 0.5) is 26.3 Å². The highest BCUT2D eigenvalue weighted by Gasteiger charge is 2.43. The molecule has 2 atom stereocenters. The van der Waals surface area contributed by atoms with Gasteiger partial charge in [-0.3, -0.25) is 4.79 Å². The summed E-state index contributed by atoms with van der Waals surface area (Å²) in [6, 6.07) is 10.1. The first-order valence-electron chi connectivity index (χ1n) is 13.2. The molecular formula is C28H25F6N5O4. The molecule has 0 aliphatic carbocycles. The number of aliphatic hydroxyl groups excluding tert-OH is 1. The maximum Gasteiger partial charge on any atom is 0.434 e. The van der Waals surface area contributed by atoms with E-state index in [0.29, 0.717) is 36.5 Å². The van der Waals surface area contributed by atoms with Crippen LogP contribution in [0.25, 0.3) is 28.5 Å². The lowest BCUT2D eigenvalue weighted by Gasteiger charge is -2.33. The van der Waals surface area contributed by atoms with Crippen LogP contribution in [0.15, 0.2) is 59.3 Å². The summed E-state index contributed by atoms with van der Waals surface area (Å²) in [7, 11) is 0. The smallest absolute Gasteiger partial charge is 0.434 e. The van der Waals surface area contributed by atoms with Crippen LogP contribution in [0.5, 0.6) is 0 Å².